The van der Waals surface area contributed by atoms with E-state index in [4.69, 9.17) is 43.1 Å². The first-order chi connectivity index (χ1) is 19.6. The molecule has 216 valence electrons. The minimum absolute atomic E-state index is 0.202. The van der Waals surface area contributed by atoms with Crippen molar-refractivity contribution in [3.8, 4) is 17.2 Å². The van der Waals surface area contributed by atoms with Crippen molar-refractivity contribution in [3.05, 3.63) is 86.3 Å². The molecule has 0 bridgehead atoms. The summed E-state index contributed by atoms with van der Waals surface area (Å²) in [7, 11) is 1.43. The van der Waals surface area contributed by atoms with Gasteiger partial charge < -0.3 is 25.3 Å². The lowest BCUT2D eigenvalue weighted by atomic mass is 10.1. The Bertz CT molecular complexity index is 1420. The predicted octanol–water partition coefficient (Wildman–Crippen LogP) is 4.27. The van der Waals surface area contributed by atoms with E-state index in [2.05, 4.69) is 31.8 Å². The van der Waals surface area contributed by atoms with Crippen LogP contribution in [0.5, 0.6) is 17.2 Å². The van der Waals surface area contributed by atoms with Crippen LogP contribution in [0, 0.1) is 0 Å². The number of carbonyl (C=O) groups excluding carboxylic acids is 3. The average Bonchev–Trinajstić information content (AvgIpc) is 2.93. The summed E-state index contributed by atoms with van der Waals surface area (Å²) in [6.45, 7) is 1.21. The van der Waals surface area contributed by atoms with Crippen molar-refractivity contribution in [2.24, 2.45) is 10.8 Å². The van der Waals surface area contributed by atoms with Crippen LogP contribution in [0.4, 0.5) is 0 Å². The van der Waals surface area contributed by atoms with Crippen molar-refractivity contribution in [1.82, 2.24) is 10.7 Å². The van der Waals surface area contributed by atoms with Crippen LogP contribution in [-0.2, 0) is 20.8 Å². The number of rotatable bonds is 13. The summed E-state index contributed by atoms with van der Waals surface area (Å²) in [4.78, 5) is 37.2. The van der Waals surface area contributed by atoms with Gasteiger partial charge in [-0.3, -0.25) is 14.4 Å². The maximum Gasteiger partial charge on any atom is 0.262 e. The van der Waals surface area contributed by atoms with Gasteiger partial charge in [0, 0.05) is 11.4 Å². The molecule has 3 rings (SSSR count). The number of methoxy groups -OCH3 is 1. The minimum Gasteiger partial charge on any atom is -0.493 e. The number of hydrazone groups is 1. The van der Waals surface area contributed by atoms with Gasteiger partial charge >= 0.3 is 0 Å². The molecular formula is C28H27BrCl2N4O6. The van der Waals surface area contributed by atoms with E-state index in [-0.39, 0.29) is 29.5 Å². The topological polar surface area (TPSA) is 141 Å². The number of nitrogens with one attached hydrogen (secondary N) is 2. The number of halogens is 3. The zero-order chi connectivity index (χ0) is 29.9. The molecule has 4 N–H and O–H groups in total. The van der Waals surface area contributed by atoms with Gasteiger partial charge in [-0.2, -0.15) is 5.10 Å². The van der Waals surface area contributed by atoms with E-state index in [1.54, 1.807) is 24.3 Å². The third-order valence-electron chi connectivity index (χ3n) is 5.48. The molecule has 3 amide bonds. The summed E-state index contributed by atoms with van der Waals surface area (Å²) in [5, 5.41) is 7.44. The maximum atomic E-state index is 13.1. The molecule has 0 aromatic heterocycles. The van der Waals surface area contributed by atoms with E-state index in [1.165, 1.54) is 26.3 Å². The number of primary amides is 1. The van der Waals surface area contributed by atoms with E-state index in [0.29, 0.717) is 20.8 Å². The Hall–Kier alpha value is -3.80. The quantitative estimate of drug-likeness (QED) is 0.184. The van der Waals surface area contributed by atoms with Crippen molar-refractivity contribution in [2.45, 2.75) is 25.5 Å². The molecule has 3 aromatic rings. The molecular weight excluding hydrogens is 639 g/mol. The lowest BCUT2D eigenvalue weighted by Crippen LogP contribution is -2.50. The van der Waals surface area contributed by atoms with Crippen LogP contribution in [-0.4, -0.2) is 49.8 Å². The fourth-order valence-electron chi connectivity index (χ4n) is 3.51. The van der Waals surface area contributed by atoms with Gasteiger partial charge in [0.15, 0.2) is 24.2 Å². The van der Waals surface area contributed by atoms with Gasteiger partial charge in [0.05, 0.1) is 22.8 Å². The minimum atomic E-state index is -0.973. The number of ether oxygens (including phenoxy) is 3. The van der Waals surface area contributed by atoms with Crippen molar-refractivity contribution in [2.75, 3.05) is 13.7 Å². The molecule has 0 spiro atoms. The summed E-state index contributed by atoms with van der Waals surface area (Å²) >= 11 is 15.4. The lowest BCUT2D eigenvalue weighted by molar-refractivity contribution is -0.132. The standard InChI is InChI=1S/C28H27BrCl2N4O6/c1-16(41-23-9-8-19(30)13-21(23)31)27(37)34-22(11-17-6-4-3-5-7-17)28(38)35-33-14-18-10-20(29)26(24(12-18)39-2)40-15-25(32)36/h3-10,12-14,16,22H,11,15H2,1-2H3,(H2,32,36)(H,34,37)(H,35,38)/b33-14-/t16-,22-/m1/s1. The molecule has 0 radical (unpaired) electrons. The van der Waals surface area contributed by atoms with E-state index >= 15 is 0 Å². The molecule has 0 saturated carbocycles. The first-order valence-electron chi connectivity index (χ1n) is 12.1. The highest BCUT2D eigenvalue weighted by molar-refractivity contribution is 9.10. The molecule has 0 fully saturated rings. The Balaban J connectivity index is 1.72. The van der Waals surface area contributed by atoms with E-state index in [0.717, 1.165) is 5.56 Å². The number of nitrogens with two attached hydrogens (primary N) is 1. The Morgan fingerprint density at radius 3 is 2.44 bits per heavy atom. The monoisotopic (exact) mass is 664 g/mol. The number of hydrogen-bond acceptors (Lipinski definition) is 7. The van der Waals surface area contributed by atoms with Crippen LogP contribution >= 0.6 is 39.1 Å². The summed E-state index contributed by atoms with van der Waals surface area (Å²) in [5.74, 6) is -0.843. The van der Waals surface area contributed by atoms with Crippen molar-refractivity contribution >= 4 is 63.1 Å². The average molecular weight is 666 g/mol. The first kappa shape index (κ1) is 31.7. The third-order valence-corrected chi connectivity index (χ3v) is 6.60. The molecule has 0 aliphatic heterocycles. The number of hydrogen-bond donors (Lipinski definition) is 3. The van der Waals surface area contributed by atoms with Gasteiger partial charge in [-0.05, 0) is 64.3 Å². The molecule has 0 heterocycles. The molecule has 0 unspecified atom stereocenters. The molecule has 41 heavy (non-hydrogen) atoms. The molecule has 0 aliphatic carbocycles. The highest BCUT2D eigenvalue weighted by Gasteiger charge is 2.25. The highest BCUT2D eigenvalue weighted by Crippen LogP contribution is 2.36. The number of carbonyl (C=O) groups is 3. The van der Waals surface area contributed by atoms with Gasteiger partial charge in [-0.1, -0.05) is 53.5 Å². The Morgan fingerprint density at radius 2 is 1.78 bits per heavy atom. The van der Waals surface area contributed by atoms with Gasteiger partial charge in [0.2, 0.25) is 0 Å². The maximum absolute atomic E-state index is 13.1. The van der Waals surface area contributed by atoms with Gasteiger partial charge in [0.25, 0.3) is 17.7 Å². The highest BCUT2D eigenvalue weighted by atomic mass is 79.9. The number of amides is 3. The molecule has 3 aromatic carbocycles. The molecule has 10 nitrogen and oxygen atoms in total. The molecule has 13 heteroatoms. The summed E-state index contributed by atoms with van der Waals surface area (Å²) in [5.41, 5.74) is 8.98. The zero-order valence-electron chi connectivity index (χ0n) is 22.0. The van der Waals surface area contributed by atoms with E-state index in [1.807, 2.05) is 30.3 Å². The van der Waals surface area contributed by atoms with Gasteiger partial charge in [-0.25, -0.2) is 5.43 Å². The summed E-state index contributed by atoms with van der Waals surface area (Å²) in [6, 6.07) is 16.1. The Kier molecular flexibility index (Phi) is 11.8. The fraction of sp³-hybridized carbons (Fsp3) is 0.214. The van der Waals surface area contributed by atoms with Crippen LogP contribution in [0.2, 0.25) is 10.0 Å². The zero-order valence-corrected chi connectivity index (χ0v) is 25.1. The second-order valence-corrected chi connectivity index (χ2v) is 10.3. The first-order valence-corrected chi connectivity index (χ1v) is 13.7. The van der Waals surface area contributed by atoms with Crippen LogP contribution in [0.15, 0.2) is 70.2 Å². The predicted molar refractivity (Wildman–Crippen MR) is 160 cm³/mol. The summed E-state index contributed by atoms with van der Waals surface area (Å²) in [6.07, 6.45) is 0.621. The molecule has 0 saturated heterocycles. The molecule has 0 aliphatic rings. The smallest absolute Gasteiger partial charge is 0.262 e. The Morgan fingerprint density at radius 1 is 1.05 bits per heavy atom. The molecule has 2 atom stereocenters. The Labute approximate surface area is 255 Å². The van der Waals surface area contributed by atoms with Crippen molar-refractivity contribution < 1.29 is 28.6 Å². The van der Waals surface area contributed by atoms with E-state index in [9.17, 15) is 14.4 Å². The van der Waals surface area contributed by atoms with Crippen molar-refractivity contribution in [1.29, 1.82) is 0 Å². The second kappa shape index (κ2) is 15.3. The van der Waals surface area contributed by atoms with E-state index < -0.39 is 29.9 Å². The fourth-order valence-corrected chi connectivity index (χ4v) is 4.54. The summed E-state index contributed by atoms with van der Waals surface area (Å²) < 4.78 is 16.9. The van der Waals surface area contributed by atoms with Crippen LogP contribution in [0.25, 0.3) is 0 Å². The van der Waals surface area contributed by atoms with Crippen LogP contribution < -0.4 is 30.7 Å². The number of benzene rings is 3. The van der Waals surface area contributed by atoms with Gasteiger partial charge in [0.1, 0.15) is 11.8 Å². The number of nitrogens with zero attached hydrogens (tertiary/aromatic N) is 1. The lowest BCUT2D eigenvalue weighted by Gasteiger charge is -2.21. The normalized spacial score (nSPS) is 12.3. The van der Waals surface area contributed by atoms with Crippen LogP contribution in [0.3, 0.4) is 0 Å². The van der Waals surface area contributed by atoms with Crippen molar-refractivity contribution in [3.63, 3.8) is 0 Å². The largest absolute Gasteiger partial charge is 0.493 e. The second-order valence-electron chi connectivity index (χ2n) is 8.61. The SMILES string of the molecule is COc1cc(/C=N\NC(=O)[C@@H](Cc2ccccc2)NC(=O)[C@@H](C)Oc2ccc(Cl)cc2Cl)cc(Br)c1OCC(N)=O. The van der Waals surface area contributed by atoms with Crippen LogP contribution in [0.1, 0.15) is 18.1 Å². The third kappa shape index (κ3) is 9.66. The van der Waals surface area contributed by atoms with Gasteiger partial charge in [-0.15, -0.1) is 0 Å².